The van der Waals surface area contributed by atoms with Crippen LogP contribution in [-0.2, 0) is 11.3 Å². The Hall–Kier alpha value is -3.80. The zero-order valence-corrected chi connectivity index (χ0v) is 16.6. The van der Waals surface area contributed by atoms with E-state index in [1.165, 1.54) is 11.6 Å². The van der Waals surface area contributed by atoms with Crippen LogP contribution in [0.15, 0.2) is 28.9 Å². The van der Waals surface area contributed by atoms with Crippen LogP contribution in [0.1, 0.15) is 11.6 Å². The first kappa shape index (κ1) is 19.5. The molecule has 0 bridgehead atoms. The number of pyridine rings is 1. The molecule has 156 valence electrons. The van der Waals surface area contributed by atoms with Crippen LogP contribution in [0.5, 0.6) is 17.4 Å². The third kappa shape index (κ3) is 4.12. The lowest BCUT2D eigenvalue weighted by Crippen LogP contribution is -2.06. The minimum atomic E-state index is 0.173. The van der Waals surface area contributed by atoms with Crippen LogP contribution in [0.3, 0.4) is 0 Å². The highest BCUT2D eigenvalue weighted by Crippen LogP contribution is 2.27. The summed E-state index contributed by atoms with van der Waals surface area (Å²) in [5, 5.41) is 16.4. The first-order valence-electron chi connectivity index (χ1n) is 8.98. The second kappa shape index (κ2) is 8.69. The third-order valence-corrected chi connectivity index (χ3v) is 3.98. The van der Waals surface area contributed by atoms with Gasteiger partial charge in [0.25, 0.3) is 5.88 Å². The zero-order valence-electron chi connectivity index (χ0n) is 16.6. The Kier molecular flexibility index (Phi) is 5.66. The summed E-state index contributed by atoms with van der Waals surface area (Å²) in [5.74, 6) is 2.31. The maximum Gasteiger partial charge on any atom is 0.275 e. The van der Waals surface area contributed by atoms with Crippen molar-refractivity contribution in [2.45, 2.75) is 13.5 Å². The molecule has 0 fully saturated rings. The van der Waals surface area contributed by atoms with E-state index in [2.05, 4.69) is 30.4 Å². The summed E-state index contributed by atoms with van der Waals surface area (Å²) in [5.41, 5.74) is 1.14. The zero-order chi connectivity index (χ0) is 20.9. The van der Waals surface area contributed by atoms with Crippen LogP contribution in [0.4, 0.5) is 0 Å². The number of hydrogen-bond acceptors (Lipinski definition) is 11. The number of aromatic nitrogens is 7. The molecule has 12 nitrogen and oxygen atoms in total. The van der Waals surface area contributed by atoms with Gasteiger partial charge in [-0.1, -0.05) is 5.16 Å². The van der Waals surface area contributed by atoms with E-state index in [1.807, 2.05) is 6.07 Å². The summed E-state index contributed by atoms with van der Waals surface area (Å²) >= 11 is 0. The Morgan fingerprint density at radius 2 is 2.00 bits per heavy atom. The van der Waals surface area contributed by atoms with Crippen molar-refractivity contribution in [1.29, 1.82) is 0 Å². The standard InChI is InChI=1S/C18H19N7O5/c1-11-20-16(24-30-11)17-22-21-15-8-14(27-3)18(23-25(15)17)29-10-12-4-5-13(9-19-12)28-7-6-26-2/h4-5,8-9H,6-7,10H2,1-3H3. The lowest BCUT2D eigenvalue weighted by atomic mass is 10.3. The monoisotopic (exact) mass is 413 g/mol. The number of ether oxygens (including phenoxy) is 4. The second-order valence-electron chi connectivity index (χ2n) is 6.06. The average molecular weight is 413 g/mol. The number of fused-ring (bicyclic) bond motifs is 1. The summed E-state index contributed by atoms with van der Waals surface area (Å²) in [6, 6.07) is 5.27. The van der Waals surface area contributed by atoms with Gasteiger partial charge < -0.3 is 23.5 Å². The van der Waals surface area contributed by atoms with Crippen molar-refractivity contribution in [2.24, 2.45) is 0 Å². The predicted molar refractivity (Wildman–Crippen MR) is 101 cm³/mol. The van der Waals surface area contributed by atoms with Crippen LogP contribution in [0, 0.1) is 6.92 Å². The number of methoxy groups -OCH3 is 2. The molecule has 0 N–H and O–H groups in total. The van der Waals surface area contributed by atoms with E-state index in [0.717, 1.165) is 0 Å². The molecule has 0 radical (unpaired) electrons. The van der Waals surface area contributed by atoms with E-state index in [4.69, 9.17) is 23.5 Å². The van der Waals surface area contributed by atoms with Gasteiger partial charge in [0, 0.05) is 20.1 Å². The Morgan fingerprint density at radius 3 is 2.70 bits per heavy atom. The average Bonchev–Trinajstić information content (AvgIpc) is 3.38. The van der Waals surface area contributed by atoms with Crippen molar-refractivity contribution < 1.29 is 23.5 Å². The fraction of sp³-hybridized carbons (Fsp3) is 0.333. The number of nitrogens with zero attached hydrogens (tertiary/aromatic N) is 7. The van der Waals surface area contributed by atoms with Gasteiger partial charge in [-0.15, -0.1) is 15.3 Å². The first-order chi connectivity index (χ1) is 14.7. The molecular weight excluding hydrogens is 394 g/mol. The molecule has 12 heteroatoms. The van der Waals surface area contributed by atoms with E-state index in [-0.39, 0.29) is 18.3 Å². The molecular formula is C18H19N7O5. The molecule has 0 saturated carbocycles. The largest absolute Gasteiger partial charge is 0.491 e. The molecule has 0 aliphatic carbocycles. The second-order valence-corrected chi connectivity index (χ2v) is 6.06. The van der Waals surface area contributed by atoms with E-state index in [0.29, 0.717) is 47.8 Å². The lowest BCUT2D eigenvalue weighted by molar-refractivity contribution is 0.146. The summed E-state index contributed by atoms with van der Waals surface area (Å²) in [6.45, 7) is 2.82. The lowest BCUT2D eigenvalue weighted by Gasteiger charge is -2.10. The molecule has 0 aromatic carbocycles. The van der Waals surface area contributed by atoms with Gasteiger partial charge in [0.2, 0.25) is 17.5 Å². The van der Waals surface area contributed by atoms with Crippen LogP contribution in [0.25, 0.3) is 17.3 Å². The molecule has 4 aromatic heterocycles. The van der Waals surface area contributed by atoms with E-state index in [1.54, 1.807) is 32.4 Å². The Morgan fingerprint density at radius 1 is 1.10 bits per heavy atom. The summed E-state index contributed by atoms with van der Waals surface area (Å²) in [4.78, 5) is 8.49. The summed E-state index contributed by atoms with van der Waals surface area (Å²) in [7, 11) is 3.14. The van der Waals surface area contributed by atoms with Gasteiger partial charge in [-0.2, -0.15) is 9.50 Å². The SMILES string of the molecule is COCCOc1ccc(COc2nn3c(-c4noc(C)n4)nnc3cc2OC)nc1. The number of rotatable bonds is 9. The van der Waals surface area contributed by atoms with Crippen LogP contribution < -0.4 is 14.2 Å². The Labute approximate surface area is 170 Å². The minimum Gasteiger partial charge on any atom is -0.491 e. The van der Waals surface area contributed by atoms with Gasteiger partial charge in [0.05, 0.1) is 25.6 Å². The minimum absolute atomic E-state index is 0.173. The van der Waals surface area contributed by atoms with Crippen molar-refractivity contribution in [3.05, 3.63) is 36.0 Å². The molecule has 0 saturated heterocycles. The first-order valence-corrected chi connectivity index (χ1v) is 8.98. The highest BCUT2D eigenvalue weighted by Gasteiger charge is 2.18. The molecule has 0 unspecified atom stereocenters. The van der Waals surface area contributed by atoms with Gasteiger partial charge in [0.15, 0.2) is 11.4 Å². The van der Waals surface area contributed by atoms with Gasteiger partial charge in [-0.25, -0.2) is 0 Å². The molecule has 0 spiro atoms. The Bertz CT molecular complexity index is 1130. The quantitative estimate of drug-likeness (QED) is 0.370. The van der Waals surface area contributed by atoms with Crippen molar-refractivity contribution in [1.82, 2.24) is 34.9 Å². The molecule has 4 aromatic rings. The molecule has 0 aliphatic rings. The van der Waals surface area contributed by atoms with Crippen LogP contribution in [-0.4, -0.2) is 62.4 Å². The van der Waals surface area contributed by atoms with Crippen LogP contribution >= 0.6 is 0 Å². The third-order valence-electron chi connectivity index (χ3n) is 3.98. The normalized spacial score (nSPS) is 11.0. The topological polar surface area (TPSA) is 132 Å². The number of hydrogen-bond donors (Lipinski definition) is 0. The fourth-order valence-corrected chi connectivity index (χ4v) is 2.54. The van der Waals surface area contributed by atoms with Crippen molar-refractivity contribution in [3.8, 4) is 29.0 Å². The summed E-state index contributed by atoms with van der Waals surface area (Å²) in [6.07, 6.45) is 1.62. The smallest absolute Gasteiger partial charge is 0.275 e. The van der Waals surface area contributed by atoms with Gasteiger partial charge in [-0.05, 0) is 12.1 Å². The van der Waals surface area contributed by atoms with Gasteiger partial charge in [0.1, 0.15) is 19.0 Å². The maximum absolute atomic E-state index is 5.83. The Balaban J connectivity index is 1.53. The molecule has 30 heavy (non-hydrogen) atoms. The molecule has 4 heterocycles. The maximum atomic E-state index is 5.83. The van der Waals surface area contributed by atoms with Crippen molar-refractivity contribution >= 4 is 5.65 Å². The molecule has 4 rings (SSSR count). The van der Waals surface area contributed by atoms with E-state index >= 15 is 0 Å². The van der Waals surface area contributed by atoms with E-state index in [9.17, 15) is 0 Å². The fourth-order valence-electron chi connectivity index (χ4n) is 2.54. The van der Waals surface area contributed by atoms with Crippen molar-refractivity contribution in [2.75, 3.05) is 27.4 Å². The van der Waals surface area contributed by atoms with Crippen molar-refractivity contribution in [3.63, 3.8) is 0 Å². The van der Waals surface area contributed by atoms with Gasteiger partial charge in [-0.3, -0.25) is 4.98 Å². The van der Waals surface area contributed by atoms with E-state index < -0.39 is 0 Å². The molecule has 0 aliphatic heterocycles. The highest BCUT2D eigenvalue weighted by molar-refractivity contribution is 5.54. The number of aryl methyl sites for hydroxylation is 1. The van der Waals surface area contributed by atoms with Gasteiger partial charge >= 0.3 is 0 Å². The highest BCUT2D eigenvalue weighted by atomic mass is 16.5. The predicted octanol–water partition coefficient (Wildman–Crippen LogP) is 1.49. The molecule has 0 amide bonds. The van der Waals surface area contributed by atoms with Crippen LogP contribution in [0.2, 0.25) is 0 Å². The molecule has 0 atom stereocenters. The summed E-state index contributed by atoms with van der Waals surface area (Å²) < 4.78 is 28.1.